The average molecular weight is 653 g/mol. The lowest BCUT2D eigenvalue weighted by Crippen LogP contribution is -2.64. The fraction of sp³-hybridized carbons (Fsp3) is 0.600. The van der Waals surface area contributed by atoms with Gasteiger partial charge in [0.05, 0.1) is 12.5 Å². The molecule has 0 saturated carbocycles. The van der Waals surface area contributed by atoms with E-state index < -0.39 is 41.4 Å². The normalized spacial score (nSPS) is 23.2. The van der Waals surface area contributed by atoms with E-state index in [-0.39, 0.29) is 42.1 Å². The molecule has 2 fully saturated rings. The number of carbonyl (C=O) groups excluding carboxylic acids is 5. The highest BCUT2D eigenvalue weighted by Crippen LogP contribution is 2.26. The highest BCUT2D eigenvalue weighted by atomic mass is 35.5. The zero-order chi connectivity index (χ0) is 31.6. The minimum Gasteiger partial charge on any atom is -0.479 e. The predicted octanol–water partition coefficient (Wildman–Crippen LogP) is 2.89. The lowest BCUT2D eigenvalue weighted by Gasteiger charge is -2.35. The molecule has 3 rings (SSSR count). The topological polar surface area (TPSA) is 134 Å². The van der Waals surface area contributed by atoms with Crippen molar-refractivity contribution in [2.75, 3.05) is 19.0 Å². The summed E-state index contributed by atoms with van der Waals surface area (Å²) in [5, 5.41) is 8.33. The summed E-state index contributed by atoms with van der Waals surface area (Å²) in [6, 6.07) is 6.68. The maximum Gasteiger partial charge on any atom is 0.246 e. The lowest BCUT2D eigenvalue weighted by molar-refractivity contribution is -0.144. The number of thioether (sulfide) groups is 1. The average Bonchev–Trinajstić information content (AvgIpc) is 3.47. The van der Waals surface area contributed by atoms with E-state index in [1.165, 1.54) is 16.7 Å². The lowest BCUT2D eigenvalue weighted by atomic mass is 9.98. The van der Waals surface area contributed by atoms with Gasteiger partial charge in [-0.3, -0.25) is 24.0 Å². The molecule has 0 bridgehead atoms. The Morgan fingerprint density at radius 3 is 2.51 bits per heavy atom. The molecule has 0 aromatic heterocycles. The molecule has 13 heteroatoms. The molecule has 236 valence electrons. The molecule has 4 amide bonds. The maximum atomic E-state index is 13.8. The van der Waals surface area contributed by atoms with E-state index in [2.05, 4.69) is 16.0 Å². The number of rotatable bonds is 11. The SMILES string of the molecule is CCOC(=S)SC(CCC(=O)CCl)CCC1NC(=O)C2CCCN2C(=O)C(Cc2ccccc2)NC(=O)C(C)(C)NC1=O. The molecule has 10 nitrogen and oxygen atoms in total. The molecule has 2 aliphatic rings. The third kappa shape index (κ3) is 10.2. The van der Waals surface area contributed by atoms with Crippen LogP contribution in [0.5, 0.6) is 0 Å². The molecule has 4 atom stereocenters. The number of fused-ring (bicyclic) bond motifs is 1. The molecule has 2 saturated heterocycles. The van der Waals surface area contributed by atoms with Crippen LogP contribution in [0.1, 0.15) is 64.9 Å². The zero-order valence-electron chi connectivity index (χ0n) is 24.9. The van der Waals surface area contributed by atoms with Gasteiger partial charge in [0.25, 0.3) is 0 Å². The number of ketones is 1. The largest absolute Gasteiger partial charge is 0.479 e. The standard InChI is InChI=1S/C30H41ClN4O6S2/c1-4-41-29(42)43-21(13-12-20(36)18-31)14-15-22-25(37)34-30(2,3)28(40)33-23(17-19-9-6-5-7-10-19)27(39)35-16-8-11-24(35)26(38)32-22/h5-7,9-10,21-24H,4,8,11-18H2,1-3H3,(H,32,38)(H,33,40)(H,34,37). The van der Waals surface area contributed by atoms with E-state index in [1.807, 2.05) is 37.3 Å². The number of hydrogen-bond acceptors (Lipinski definition) is 8. The summed E-state index contributed by atoms with van der Waals surface area (Å²) in [5.41, 5.74) is -0.518. The molecular weight excluding hydrogens is 612 g/mol. The van der Waals surface area contributed by atoms with Crippen molar-refractivity contribution >= 4 is 69.4 Å². The van der Waals surface area contributed by atoms with Gasteiger partial charge in [-0.1, -0.05) is 42.1 Å². The summed E-state index contributed by atoms with van der Waals surface area (Å²) in [6.07, 6.45) is 2.67. The molecule has 2 heterocycles. The number of carbonyl (C=O) groups is 5. The van der Waals surface area contributed by atoms with Crippen LogP contribution in [0.3, 0.4) is 0 Å². The second kappa shape index (κ2) is 16.4. The molecule has 0 radical (unpaired) electrons. The van der Waals surface area contributed by atoms with Gasteiger partial charge in [0, 0.05) is 24.6 Å². The summed E-state index contributed by atoms with van der Waals surface area (Å²) in [5.74, 6) is -1.96. The molecule has 1 aromatic carbocycles. The second-order valence-electron chi connectivity index (χ2n) is 11.3. The summed E-state index contributed by atoms with van der Waals surface area (Å²) >= 11 is 12.3. The van der Waals surface area contributed by atoms with Crippen LogP contribution in [-0.2, 0) is 35.1 Å². The Kier molecular flexibility index (Phi) is 13.3. The molecule has 43 heavy (non-hydrogen) atoms. The van der Waals surface area contributed by atoms with Crippen molar-refractivity contribution < 1.29 is 28.7 Å². The van der Waals surface area contributed by atoms with Crippen molar-refractivity contribution in [1.82, 2.24) is 20.9 Å². The Labute approximate surface area is 267 Å². The van der Waals surface area contributed by atoms with E-state index in [0.717, 1.165) is 5.56 Å². The molecule has 1 aromatic rings. The first-order chi connectivity index (χ1) is 20.4. The fourth-order valence-corrected chi connectivity index (χ4v) is 6.78. The number of halogens is 1. The van der Waals surface area contributed by atoms with E-state index in [9.17, 15) is 24.0 Å². The van der Waals surface area contributed by atoms with E-state index in [1.54, 1.807) is 13.8 Å². The van der Waals surface area contributed by atoms with Crippen LogP contribution >= 0.6 is 35.6 Å². The second-order valence-corrected chi connectivity index (χ2v) is 13.5. The van der Waals surface area contributed by atoms with Crippen LogP contribution in [-0.4, -0.2) is 86.6 Å². The highest BCUT2D eigenvalue weighted by molar-refractivity contribution is 8.23. The summed E-state index contributed by atoms with van der Waals surface area (Å²) < 4.78 is 5.76. The maximum absolute atomic E-state index is 13.8. The highest BCUT2D eigenvalue weighted by Gasteiger charge is 2.42. The minimum atomic E-state index is -1.38. The first-order valence-electron chi connectivity index (χ1n) is 14.6. The van der Waals surface area contributed by atoms with Crippen molar-refractivity contribution in [3.05, 3.63) is 35.9 Å². The van der Waals surface area contributed by atoms with Crippen molar-refractivity contribution in [3.63, 3.8) is 0 Å². The molecule has 3 N–H and O–H groups in total. The van der Waals surface area contributed by atoms with Crippen molar-refractivity contribution in [1.29, 1.82) is 0 Å². The summed E-state index contributed by atoms with van der Waals surface area (Å²) in [6.45, 7) is 5.72. The first-order valence-corrected chi connectivity index (χ1v) is 16.5. The zero-order valence-corrected chi connectivity index (χ0v) is 27.2. The van der Waals surface area contributed by atoms with Gasteiger partial charge < -0.3 is 25.6 Å². The quantitative estimate of drug-likeness (QED) is 0.246. The Morgan fingerprint density at radius 2 is 1.84 bits per heavy atom. The van der Waals surface area contributed by atoms with Crippen LogP contribution in [0.25, 0.3) is 0 Å². The number of nitrogens with one attached hydrogen (secondary N) is 3. The van der Waals surface area contributed by atoms with Gasteiger partial charge >= 0.3 is 0 Å². The predicted molar refractivity (Wildman–Crippen MR) is 171 cm³/mol. The monoisotopic (exact) mass is 652 g/mol. The molecule has 4 unspecified atom stereocenters. The van der Waals surface area contributed by atoms with Crippen LogP contribution in [0.4, 0.5) is 0 Å². The van der Waals surface area contributed by atoms with Crippen molar-refractivity contribution in [2.24, 2.45) is 0 Å². The number of amides is 4. The summed E-state index contributed by atoms with van der Waals surface area (Å²) in [7, 11) is 0. The summed E-state index contributed by atoms with van der Waals surface area (Å²) in [4.78, 5) is 67.9. The van der Waals surface area contributed by atoms with Crippen LogP contribution in [0.2, 0.25) is 0 Å². The number of benzene rings is 1. The molecule has 0 aliphatic carbocycles. The molecular formula is C30H41ClN4O6S2. The number of nitrogens with zero attached hydrogens (tertiary/aromatic N) is 1. The number of Topliss-reactive ketones (excluding diaryl/α,β-unsaturated/α-hetero) is 1. The van der Waals surface area contributed by atoms with Gasteiger partial charge in [-0.25, -0.2) is 0 Å². The number of hydrogen-bond donors (Lipinski definition) is 3. The van der Waals surface area contributed by atoms with Crippen molar-refractivity contribution in [2.45, 2.75) is 94.6 Å². The Bertz CT molecular complexity index is 1180. The fourth-order valence-electron chi connectivity index (χ4n) is 5.17. The third-order valence-electron chi connectivity index (χ3n) is 7.56. The van der Waals surface area contributed by atoms with Gasteiger partial charge in [-0.15, -0.1) is 11.6 Å². The van der Waals surface area contributed by atoms with E-state index >= 15 is 0 Å². The van der Waals surface area contributed by atoms with Gasteiger partial charge in [-0.05, 0) is 70.7 Å². The number of alkyl halides is 1. The number of ether oxygens (including phenoxy) is 1. The van der Waals surface area contributed by atoms with E-state index in [4.69, 9.17) is 28.6 Å². The Morgan fingerprint density at radius 1 is 1.12 bits per heavy atom. The smallest absolute Gasteiger partial charge is 0.246 e. The first kappa shape index (κ1) is 34.8. The van der Waals surface area contributed by atoms with Gasteiger partial charge in [0.1, 0.15) is 29.4 Å². The third-order valence-corrected chi connectivity index (χ3v) is 9.38. The van der Waals surface area contributed by atoms with E-state index in [0.29, 0.717) is 43.2 Å². The Hall–Kier alpha value is -2.70. The van der Waals surface area contributed by atoms with Crippen LogP contribution < -0.4 is 16.0 Å². The Balaban J connectivity index is 1.84. The minimum absolute atomic E-state index is 0.0889. The van der Waals surface area contributed by atoms with Crippen LogP contribution in [0.15, 0.2) is 30.3 Å². The molecule has 0 spiro atoms. The van der Waals surface area contributed by atoms with Crippen LogP contribution in [0, 0.1) is 0 Å². The van der Waals surface area contributed by atoms with Gasteiger partial charge in [-0.2, -0.15) is 0 Å². The van der Waals surface area contributed by atoms with Gasteiger partial charge in [0.2, 0.25) is 28.0 Å². The van der Waals surface area contributed by atoms with Gasteiger partial charge in [0.15, 0.2) is 0 Å². The molecule has 2 aliphatic heterocycles. The number of thiocarbonyl (C=S) groups is 1. The van der Waals surface area contributed by atoms with Crippen molar-refractivity contribution in [3.8, 4) is 0 Å².